The van der Waals surface area contributed by atoms with E-state index in [-0.39, 0.29) is 38.2 Å². The molecule has 9 nitrogen and oxygen atoms in total. The maximum Gasteiger partial charge on any atom is 0.361 e. The highest BCUT2D eigenvalue weighted by molar-refractivity contribution is 5.71. The van der Waals surface area contributed by atoms with Gasteiger partial charge in [0.05, 0.1) is 34.4 Å². The van der Waals surface area contributed by atoms with Gasteiger partial charge in [0.25, 0.3) is 6.29 Å². The molecule has 0 aromatic heterocycles. The third-order valence-corrected chi connectivity index (χ3v) is 11.1. The first-order valence-electron chi connectivity index (χ1n) is 24.7. The summed E-state index contributed by atoms with van der Waals surface area (Å²) >= 11 is 0. The molecule has 0 rings (SSSR count). The molecule has 0 saturated heterocycles. The number of hydrogen-bond acceptors (Lipinski definition) is 7. The maximum absolute atomic E-state index is 12.8. The number of carboxylic acids is 1. The van der Waals surface area contributed by atoms with Gasteiger partial charge < -0.3 is 28.5 Å². The van der Waals surface area contributed by atoms with Crippen molar-refractivity contribution in [2.75, 3.05) is 47.5 Å². The summed E-state index contributed by atoms with van der Waals surface area (Å²) in [4.78, 5) is 37.2. The van der Waals surface area contributed by atoms with Crippen LogP contribution in [0.3, 0.4) is 0 Å². The molecule has 0 saturated carbocycles. The number of quaternary nitrogens is 1. The number of nitrogens with zero attached hydrogens (tertiary/aromatic N) is 1. The summed E-state index contributed by atoms with van der Waals surface area (Å²) in [5, 5.41) is 9.65. The molecule has 0 spiro atoms. The number of carbonyl (C=O) groups is 3. The van der Waals surface area contributed by atoms with Crippen molar-refractivity contribution in [3.63, 3.8) is 0 Å². The topological polar surface area (TPSA) is 108 Å². The third kappa shape index (κ3) is 42.4. The molecule has 0 fully saturated rings. The lowest BCUT2D eigenvalue weighted by Gasteiger charge is -2.25. The van der Waals surface area contributed by atoms with Crippen molar-refractivity contribution in [1.82, 2.24) is 0 Å². The van der Waals surface area contributed by atoms with E-state index >= 15 is 0 Å². The first-order chi connectivity index (χ1) is 28.1. The van der Waals surface area contributed by atoms with E-state index in [1.165, 1.54) is 173 Å². The Hall–Kier alpha value is -1.71. The Morgan fingerprint density at radius 2 is 0.776 bits per heavy atom. The first-order valence-corrected chi connectivity index (χ1v) is 24.7. The minimum Gasteiger partial charge on any atom is -0.477 e. The van der Waals surface area contributed by atoms with Crippen molar-refractivity contribution in [2.45, 2.75) is 251 Å². The second-order valence-corrected chi connectivity index (χ2v) is 18.1. The molecule has 0 aromatic carbocycles. The highest BCUT2D eigenvalue weighted by Gasteiger charge is 2.25. The Morgan fingerprint density at radius 3 is 1.10 bits per heavy atom. The van der Waals surface area contributed by atoms with Gasteiger partial charge in [-0.1, -0.05) is 213 Å². The van der Waals surface area contributed by atoms with Crippen molar-refractivity contribution < 1.29 is 42.9 Å². The SMILES string of the molecule is CCCCCCCCCCCCCCCCCCCCCC(=O)OC(COC(=O)CCCCCCCCCCCCCCCC)COC(OCC[N+](C)(C)C)C(=O)O. The second kappa shape index (κ2) is 42.0. The Kier molecular flexibility index (Phi) is 40.8. The predicted molar refractivity (Wildman–Crippen MR) is 240 cm³/mol. The zero-order valence-electron chi connectivity index (χ0n) is 39.0. The molecule has 0 aliphatic heterocycles. The van der Waals surface area contributed by atoms with Crippen molar-refractivity contribution >= 4 is 17.9 Å². The number of carboxylic acid groups (broad SMARTS) is 1. The number of ether oxygens (including phenoxy) is 4. The zero-order valence-corrected chi connectivity index (χ0v) is 39.0. The Balaban J connectivity index is 4.31. The molecule has 2 atom stereocenters. The third-order valence-electron chi connectivity index (χ3n) is 11.1. The van der Waals surface area contributed by atoms with Crippen LogP contribution in [0.15, 0.2) is 0 Å². The molecule has 0 aliphatic rings. The van der Waals surface area contributed by atoms with Crippen LogP contribution in [-0.2, 0) is 33.3 Å². The van der Waals surface area contributed by atoms with Gasteiger partial charge in [-0.2, -0.15) is 0 Å². The first kappa shape index (κ1) is 56.3. The van der Waals surface area contributed by atoms with Crippen LogP contribution in [0, 0.1) is 0 Å². The van der Waals surface area contributed by atoms with Crippen LogP contribution in [0.4, 0.5) is 0 Å². The van der Waals surface area contributed by atoms with Gasteiger partial charge in [0.2, 0.25) is 0 Å². The van der Waals surface area contributed by atoms with Crippen molar-refractivity contribution in [2.24, 2.45) is 0 Å². The summed E-state index contributed by atoms with van der Waals surface area (Å²) in [6.07, 6.45) is 40.1. The van der Waals surface area contributed by atoms with Crippen LogP contribution in [0.25, 0.3) is 0 Å². The normalized spacial score (nSPS) is 12.8. The molecular formula is C49H96NO8+. The maximum atomic E-state index is 12.8. The Labute approximate surface area is 358 Å². The van der Waals surface area contributed by atoms with Crippen LogP contribution in [0.5, 0.6) is 0 Å². The van der Waals surface area contributed by atoms with Crippen molar-refractivity contribution in [3.8, 4) is 0 Å². The van der Waals surface area contributed by atoms with E-state index in [0.29, 0.717) is 17.4 Å². The summed E-state index contributed by atoms with van der Waals surface area (Å²) in [6, 6.07) is 0. The minimum atomic E-state index is -1.50. The van der Waals surface area contributed by atoms with Crippen LogP contribution in [-0.4, -0.2) is 87.4 Å². The van der Waals surface area contributed by atoms with Gasteiger partial charge in [0.1, 0.15) is 13.2 Å². The monoisotopic (exact) mass is 827 g/mol. The number of carbonyl (C=O) groups excluding carboxylic acids is 2. The fourth-order valence-electron chi connectivity index (χ4n) is 7.25. The largest absolute Gasteiger partial charge is 0.477 e. The number of unbranched alkanes of at least 4 members (excludes halogenated alkanes) is 31. The molecule has 344 valence electrons. The van der Waals surface area contributed by atoms with Crippen LogP contribution < -0.4 is 0 Å². The summed E-state index contributed by atoms with van der Waals surface area (Å²) in [5.41, 5.74) is 0. The van der Waals surface area contributed by atoms with Crippen molar-refractivity contribution in [1.29, 1.82) is 0 Å². The fourth-order valence-corrected chi connectivity index (χ4v) is 7.25. The van der Waals surface area contributed by atoms with E-state index in [9.17, 15) is 19.5 Å². The smallest absolute Gasteiger partial charge is 0.361 e. The van der Waals surface area contributed by atoms with Gasteiger partial charge in [0.15, 0.2) is 6.10 Å². The molecule has 9 heteroatoms. The molecule has 0 heterocycles. The molecule has 0 radical (unpaired) electrons. The van der Waals surface area contributed by atoms with Crippen LogP contribution >= 0.6 is 0 Å². The van der Waals surface area contributed by atoms with Gasteiger partial charge in [-0.15, -0.1) is 0 Å². The molecule has 58 heavy (non-hydrogen) atoms. The Morgan fingerprint density at radius 1 is 0.448 bits per heavy atom. The van der Waals surface area contributed by atoms with Crippen molar-refractivity contribution in [3.05, 3.63) is 0 Å². The number of rotatable bonds is 46. The summed E-state index contributed by atoms with van der Waals surface area (Å²) in [7, 11) is 5.97. The number of hydrogen-bond donors (Lipinski definition) is 1. The summed E-state index contributed by atoms with van der Waals surface area (Å²) in [6.45, 7) is 4.92. The second-order valence-electron chi connectivity index (χ2n) is 18.1. The van der Waals surface area contributed by atoms with Gasteiger partial charge >= 0.3 is 17.9 Å². The average molecular weight is 827 g/mol. The van der Waals surface area contributed by atoms with Gasteiger partial charge in [-0.05, 0) is 12.8 Å². The number of aliphatic carboxylic acids is 1. The van der Waals surface area contributed by atoms with E-state index in [1.54, 1.807) is 0 Å². The number of likely N-dealkylation sites (N-methyl/N-ethyl adjacent to an activating group) is 1. The van der Waals surface area contributed by atoms with Crippen LogP contribution in [0.2, 0.25) is 0 Å². The molecule has 1 N–H and O–H groups in total. The molecule has 0 bridgehead atoms. The molecule has 2 unspecified atom stereocenters. The standard InChI is InChI=1S/C49H95NO8/c1-6-8-10-12-14-16-18-20-22-23-24-25-26-28-30-32-34-36-38-40-47(52)58-45(44-57-49(48(53)54)55-42-41-50(3,4)5)43-56-46(51)39-37-35-33-31-29-27-21-19-17-15-13-11-9-7-2/h45,49H,6-44H2,1-5H3/p+1. The molecule has 0 aliphatic carbocycles. The van der Waals surface area contributed by atoms with E-state index < -0.39 is 18.4 Å². The van der Waals surface area contributed by atoms with Crippen LogP contribution in [0.1, 0.15) is 239 Å². The van der Waals surface area contributed by atoms with Gasteiger partial charge in [0, 0.05) is 12.8 Å². The predicted octanol–water partition coefficient (Wildman–Crippen LogP) is 13.3. The summed E-state index contributed by atoms with van der Waals surface area (Å²) < 4.78 is 22.8. The molecule has 0 amide bonds. The van der Waals surface area contributed by atoms with Gasteiger partial charge in [-0.3, -0.25) is 9.59 Å². The quantitative estimate of drug-likeness (QED) is 0.0280. The van der Waals surface area contributed by atoms with E-state index in [0.717, 1.165) is 38.5 Å². The van der Waals surface area contributed by atoms with E-state index in [1.807, 2.05) is 21.1 Å². The highest BCUT2D eigenvalue weighted by atomic mass is 16.7. The number of esters is 2. The molecule has 0 aromatic rings. The van der Waals surface area contributed by atoms with E-state index in [2.05, 4.69) is 13.8 Å². The van der Waals surface area contributed by atoms with E-state index in [4.69, 9.17) is 18.9 Å². The fraction of sp³-hybridized carbons (Fsp3) is 0.939. The summed E-state index contributed by atoms with van der Waals surface area (Å²) in [5.74, 6) is -1.98. The lowest BCUT2D eigenvalue weighted by molar-refractivity contribution is -0.870. The lowest BCUT2D eigenvalue weighted by atomic mass is 10.0. The van der Waals surface area contributed by atoms with Gasteiger partial charge in [-0.25, -0.2) is 4.79 Å². The zero-order chi connectivity index (χ0) is 42.8. The minimum absolute atomic E-state index is 0.173. The lowest BCUT2D eigenvalue weighted by Crippen LogP contribution is -2.40. The Bertz CT molecular complexity index is 923. The average Bonchev–Trinajstić information content (AvgIpc) is 3.18. The highest BCUT2D eigenvalue weighted by Crippen LogP contribution is 2.17. The molecular weight excluding hydrogens is 731 g/mol.